The first kappa shape index (κ1) is 22.7. The van der Waals surface area contributed by atoms with Crippen LogP contribution >= 0.6 is 0 Å². The number of fused-ring (bicyclic) bond motifs is 2. The highest BCUT2D eigenvalue weighted by Crippen LogP contribution is 2.37. The van der Waals surface area contributed by atoms with Crippen LogP contribution in [0.3, 0.4) is 0 Å². The predicted octanol–water partition coefficient (Wildman–Crippen LogP) is 5.16. The average molecular weight is 438 g/mol. The molecule has 5 nitrogen and oxygen atoms in total. The number of phenolic OH excluding ortho intramolecular Hbond substituents is 1. The van der Waals surface area contributed by atoms with Crippen molar-refractivity contribution in [2.24, 2.45) is 0 Å². The number of aromatic hydroxyl groups is 1. The summed E-state index contributed by atoms with van der Waals surface area (Å²) in [6, 6.07) is 14.4. The van der Waals surface area contributed by atoms with Crippen LogP contribution in [0.4, 0.5) is 0 Å². The summed E-state index contributed by atoms with van der Waals surface area (Å²) >= 11 is 0. The Morgan fingerprint density at radius 3 is 2.41 bits per heavy atom. The Kier molecular flexibility index (Phi) is 6.75. The van der Waals surface area contributed by atoms with Gasteiger partial charge in [0.15, 0.2) is 0 Å². The molecule has 5 heteroatoms. The Balaban J connectivity index is 1.49. The van der Waals surface area contributed by atoms with Crippen LogP contribution in [-0.2, 0) is 9.53 Å². The van der Waals surface area contributed by atoms with Gasteiger partial charge in [-0.05, 0) is 68.8 Å². The van der Waals surface area contributed by atoms with E-state index in [1.807, 2.05) is 57.2 Å². The molecule has 2 aromatic rings. The van der Waals surface area contributed by atoms with Gasteiger partial charge in [-0.15, -0.1) is 0 Å². The monoisotopic (exact) mass is 437 g/mol. The molecule has 2 saturated heterocycles. The van der Waals surface area contributed by atoms with Gasteiger partial charge in [0.05, 0.1) is 0 Å². The summed E-state index contributed by atoms with van der Waals surface area (Å²) in [6.45, 7) is 6.18. The number of rotatable bonds is 7. The lowest BCUT2D eigenvalue weighted by atomic mass is 9.98. The second-order valence-corrected chi connectivity index (χ2v) is 9.69. The van der Waals surface area contributed by atoms with Crippen LogP contribution < -0.4 is 4.74 Å². The lowest BCUT2D eigenvalue weighted by Gasteiger charge is -2.36. The molecule has 32 heavy (non-hydrogen) atoms. The van der Waals surface area contributed by atoms with Crippen LogP contribution in [0.25, 0.3) is 0 Å². The molecule has 172 valence electrons. The smallest absolute Gasteiger partial charge is 0.317 e. The van der Waals surface area contributed by atoms with Crippen molar-refractivity contribution in [2.45, 2.75) is 76.5 Å². The number of ether oxygens (including phenoxy) is 2. The van der Waals surface area contributed by atoms with Crippen LogP contribution in [0, 0.1) is 6.92 Å². The van der Waals surface area contributed by atoms with Crippen LogP contribution in [0.1, 0.15) is 68.1 Å². The maximum Gasteiger partial charge on any atom is 0.317 e. The number of esters is 1. The highest BCUT2D eigenvalue weighted by molar-refractivity contribution is 5.78. The standard InChI is InChI=1S/C27H35NO4/c1-17(2)23-15-26(18(3)12-25(23)29)31-16-24(19-8-6-5-7-9-19)27(30)32-22-13-20-10-11-21(14-22)28(20)4/h5-9,12,15,17,20-22,24,29H,10-11,13-14,16H2,1-4H3/t20-,21+,22+,24?. The largest absolute Gasteiger partial charge is 0.508 e. The second kappa shape index (κ2) is 9.53. The zero-order valence-electron chi connectivity index (χ0n) is 19.6. The second-order valence-electron chi connectivity index (χ2n) is 9.69. The molecule has 0 spiro atoms. The Labute approximate surface area is 191 Å². The highest BCUT2D eigenvalue weighted by Gasteiger charge is 2.40. The third-order valence-electron chi connectivity index (χ3n) is 7.18. The molecule has 1 unspecified atom stereocenters. The zero-order chi connectivity index (χ0) is 22.8. The summed E-state index contributed by atoms with van der Waals surface area (Å²) in [4.78, 5) is 15.8. The topological polar surface area (TPSA) is 59.0 Å². The van der Waals surface area contributed by atoms with Crippen LogP contribution in [0.15, 0.2) is 42.5 Å². The van der Waals surface area contributed by atoms with Gasteiger partial charge >= 0.3 is 5.97 Å². The number of benzene rings is 2. The molecule has 2 aliphatic rings. The number of piperidine rings is 1. The van der Waals surface area contributed by atoms with Gasteiger partial charge < -0.3 is 19.5 Å². The van der Waals surface area contributed by atoms with Gasteiger partial charge in [0.25, 0.3) is 0 Å². The molecule has 2 heterocycles. The minimum Gasteiger partial charge on any atom is -0.508 e. The van der Waals surface area contributed by atoms with Crippen LogP contribution in [0.5, 0.6) is 11.5 Å². The number of nitrogens with zero attached hydrogens (tertiary/aromatic N) is 1. The van der Waals surface area contributed by atoms with E-state index in [4.69, 9.17) is 9.47 Å². The first-order valence-electron chi connectivity index (χ1n) is 11.8. The fourth-order valence-electron chi connectivity index (χ4n) is 5.17. The number of hydrogen-bond acceptors (Lipinski definition) is 5. The van der Waals surface area contributed by atoms with Gasteiger partial charge in [-0.25, -0.2) is 0 Å². The molecule has 0 amide bonds. The number of carbonyl (C=O) groups excluding carboxylic acids is 1. The van der Waals surface area contributed by atoms with E-state index in [0.29, 0.717) is 17.8 Å². The molecule has 2 aliphatic heterocycles. The lowest BCUT2D eigenvalue weighted by molar-refractivity contribution is -0.155. The fourth-order valence-corrected chi connectivity index (χ4v) is 5.17. The molecule has 2 aromatic carbocycles. The van der Waals surface area contributed by atoms with Crippen molar-refractivity contribution in [3.8, 4) is 11.5 Å². The third kappa shape index (κ3) is 4.78. The highest BCUT2D eigenvalue weighted by atomic mass is 16.5. The first-order valence-corrected chi connectivity index (χ1v) is 11.8. The molecular formula is C27H35NO4. The maximum atomic E-state index is 13.3. The predicted molar refractivity (Wildman–Crippen MR) is 125 cm³/mol. The lowest BCUT2D eigenvalue weighted by Crippen LogP contribution is -2.44. The molecule has 1 N–H and O–H groups in total. The third-order valence-corrected chi connectivity index (χ3v) is 7.18. The normalized spacial score (nSPS) is 23.8. The molecule has 2 fully saturated rings. The Morgan fingerprint density at radius 1 is 1.12 bits per heavy atom. The number of phenols is 1. The Hall–Kier alpha value is -2.53. The molecule has 4 rings (SSSR count). The van der Waals surface area contributed by atoms with Crippen LogP contribution in [0.2, 0.25) is 0 Å². The molecule has 0 saturated carbocycles. The SMILES string of the molecule is Cc1cc(O)c(C(C)C)cc1OCC(C(=O)O[C@H]1C[C@H]2CC[C@@H](C1)N2C)c1ccccc1. The summed E-state index contributed by atoms with van der Waals surface area (Å²) in [5.74, 6) is 0.431. The minimum atomic E-state index is -0.496. The van der Waals surface area contributed by atoms with Gasteiger partial charge in [0, 0.05) is 17.6 Å². The quantitative estimate of drug-likeness (QED) is 0.607. The average Bonchev–Trinajstić information content (AvgIpc) is 2.96. The first-order chi connectivity index (χ1) is 15.3. The van der Waals surface area contributed by atoms with Crippen molar-refractivity contribution >= 4 is 5.97 Å². The van der Waals surface area contributed by atoms with E-state index in [-0.39, 0.29) is 30.3 Å². The van der Waals surface area contributed by atoms with E-state index >= 15 is 0 Å². The van der Waals surface area contributed by atoms with E-state index in [1.165, 1.54) is 12.8 Å². The van der Waals surface area contributed by atoms with Crippen molar-refractivity contribution < 1.29 is 19.4 Å². The zero-order valence-corrected chi connectivity index (χ0v) is 19.6. The van der Waals surface area contributed by atoms with E-state index in [0.717, 1.165) is 29.5 Å². The molecule has 0 aliphatic carbocycles. The Bertz CT molecular complexity index is 928. The van der Waals surface area contributed by atoms with E-state index in [9.17, 15) is 9.90 Å². The molecule has 0 radical (unpaired) electrons. The van der Waals surface area contributed by atoms with E-state index < -0.39 is 5.92 Å². The molecule has 2 bridgehead atoms. The molecule has 4 atom stereocenters. The maximum absolute atomic E-state index is 13.3. The summed E-state index contributed by atoms with van der Waals surface area (Å²) in [6.07, 6.45) is 4.19. The van der Waals surface area contributed by atoms with Crippen molar-refractivity contribution in [3.05, 3.63) is 59.2 Å². The van der Waals surface area contributed by atoms with Gasteiger partial charge in [-0.3, -0.25) is 4.79 Å². The summed E-state index contributed by atoms with van der Waals surface area (Å²) in [7, 11) is 2.19. The molecule has 0 aromatic heterocycles. The fraction of sp³-hybridized carbons (Fsp3) is 0.519. The molecular weight excluding hydrogens is 402 g/mol. The summed E-state index contributed by atoms with van der Waals surface area (Å²) in [5.41, 5.74) is 2.58. The van der Waals surface area contributed by atoms with Crippen molar-refractivity contribution in [3.63, 3.8) is 0 Å². The van der Waals surface area contributed by atoms with Crippen molar-refractivity contribution in [1.82, 2.24) is 4.90 Å². The van der Waals surface area contributed by atoms with Crippen molar-refractivity contribution in [2.75, 3.05) is 13.7 Å². The minimum absolute atomic E-state index is 0.0228. The van der Waals surface area contributed by atoms with E-state index in [1.54, 1.807) is 6.07 Å². The van der Waals surface area contributed by atoms with Gasteiger partial charge in [-0.2, -0.15) is 0 Å². The Morgan fingerprint density at radius 2 is 1.78 bits per heavy atom. The van der Waals surface area contributed by atoms with Gasteiger partial charge in [0.2, 0.25) is 0 Å². The summed E-state index contributed by atoms with van der Waals surface area (Å²) in [5, 5.41) is 10.2. The van der Waals surface area contributed by atoms with Gasteiger partial charge in [0.1, 0.15) is 30.1 Å². The number of aryl methyl sites for hydroxylation is 1. The number of hydrogen-bond donors (Lipinski definition) is 1. The summed E-state index contributed by atoms with van der Waals surface area (Å²) < 4.78 is 12.2. The van der Waals surface area contributed by atoms with Crippen molar-refractivity contribution in [1.29, 1.82) is 0 Å². The number of carbonyl (C=O) groups is 1. The van der Waals surface area contributed by atoms with Gasteiger partial charge in [-0.1, -0.05) is 44.2 Å². The van der Waals surface area contributed by atoms with Crippen LogP contribution in [-0.4, -0.2) is 47.8 Å². The van der Waals surface area contributed by atoms with E-state index in [2.05, 4.69) is 11.9 Å².